The number of hydrogen-bond donors (Lipinski definition) is 0. The molecular weight excluding hydrogens is 691 g/mol. The summed E-state index contributed by atoms with van der Waals surface area (Å²) >= 11 is 0. The van der Waals surface area contributed by atoms with Crippen molar-refractivity contribution in [3.63, 3.8) is 0 Å². The second-order valence-electron chi connectivity index (χ2n) is 18.0. The molecule has 0 saturated heterocycles. The van der Waals surface area contributed by atoms with Gasteiger partial charge in [-0.25, -0.2) is 0 Å². The van der Waals surface area contributed by atoms with E-state index in [4.69, 9.17) is 4.42 Å². The number of aryl methyl sites for hydroxylation is 4. The fraction of sp³-hybridized carbons (Fsp3) is 0.283. The highest BCUT2D eigenvalue weighted by Gasteiger charge is 2.63. The number of hydrogen-bond acceptors (Lipinski definition) is 3. The average molecular weight is 743 g/mol. The van der Waals surface area contributed by atoms with Gasteiger partial charge in [-0.1, -0.05) is 118 Å². The van der Waals surface area contributed by atoms with Crippen LogP contribution in [0.2, 0.25) is 0 Å². The maximum atomic E-state index is 7.32. The standard InChI is InChI=1S/C53H51BN2O/c1-7-8-17-36-24-25-44(41(30-36)37-18-10-9-11-19-37)55-45-32-38(47-34(3)28-33(2)29-35(47)4)31-42-39-21-16-22-43-49(39)56(53(6)27-15-14-26-52(43,53)5)54(48(42)45)51-50(55)40-20-12-13-23-46(40)57-51/h9-13,16,18-25,28-32H,7-8,14-15,17,26-27H2,1-6H3. The first-order valence-electron chi connectivity index (χ1n) is 21.4. The predicted octanol–water partition coefficient (Wildman–Crippen LogP) is 13.0. The first kappa shape index (κ1) is 34.7. The summed E-state index contributed by atoms with van der Waals surface area (Å²) in [6, 6.07) is 44.1. The third-order valence-corrected chi connectivity index (χ3v) is 14.6. The summed E-state index contributed by atoms with van der Waals surface area (Å²) in [7, 11) is 0. The number of anilines is 4. The molecule has 11 rings (SSSR count). The Bertz CT molecular complexity index is 2760. The van der Waals surface area contributed by atoms with Gasteiger partial charge in [-0.2, -0.15) is 0 Å². The highest BCUT2D eigenvalue weighted by Crippen LogP contribution is 2.63. The number of fused-ring (bicyclic) bond motifs is 9. The molecule has 2 unspecified atom stereocenters. The van der Waals surface area contributed by atoms with Crippen LogP contribution in [0.3, 0.4) is 0 Å². The quantitative estimate of drug-likeness (QED) is 0.158. The van der Waals surface area contributed by atoms with Crippen LogP contribution in [0.15, 0.2) is 120 Å². The Hall–Kier alpha value is -5.48. The van der Waals surface area contributed by atoms with Crippen LogP contribution in [-0.4, -0.2) is 12.4 Å². The number of nitrogens with zero attached hydrogens (tertiary/aromatic N) is 2. The van der Waals surface area contributed by atoms with Crippen molar-refractivity contribution >= 4 is 51.7 Å². The van der Waals surface area contributed by atoms with Crippen LogP contribution >= 0.6 is 0 Å². The molecule has 282 valence electrons. The lowest BCUT2D eigenvalue weighted by Crippen LogP contribution is -2.70. The van der Waals surface area contributed by atoms with Crippen LogP contribution in [-0.2, 0) is 11.8 Å². The van der Waals surface area contributed by atoms with Gasteiger partial charge in [0.15, 0.2) is 0 Å². The van der Waals surface area contributed by atoms with Gasteiger partial charge in [-0.05, 0) is 140 Å². The maximum Gasteiger partial charge on any atom is 0.371 e. The van der Waals surface area contributed by atoms with E-state index in [1.165, 1.54) is 122 Å². The first-order chi connectivity index (χ1) is 27.7. The van der Waals surface area contributed by atoms with Crippen molar-refractivity contribution in [1.82, 2.24) is 0 Å². The van der Waals surface area contributed by atoms with Gasteiger partial charge in [-0.3, -0.25) is 0 Å². The number of furan rings is 1. The van der Waals surface area contributed by atoms with E-state index in [1.807, 2.05) is 0 Å². The number of para-hydroxylation sites is 2. The molecule has 0 amide bonds. The molecule has 57 heavy (non-hydrogen) atoms. The highest BCUT2D eigenvalue weighted by atomic mass is 16.3. The SMILES string of the molecule is CCCCc1ccc(N2c3cc(-c4c(C)cc(C)cc4C)cc4c3B(c3oc5ccccc5c32)N2c3c-4cccc3C3(C)CCCCC23C)c(-c2ccccc2)c1. The van der Waals surface area contributed by atoms with Crippen LogP contribution in [0, 0.1) is 20.8 Å². The maximum absolute atomic E-state index is 7.32. The van der Waals surface area contributed by atoms with Gasteiger partial charge in [0.05, 0.1) is 11.4 Å². The molecule has 1 fully saturated rings. The van der Waals surface area contributed by atoms with Gasteiger partial charge >= 0.3 is 6.85 Å². The summed E-state index contributed by atoms with van der Waals surface area (Å²) in [5.41, 5.74) is 23.0. The molecule has 3 nitrogen and oxygen atoms in total. The minimum absolute atomic E-state index is 0.0316. The van der Waals surface area contributed by atoms with E-state index in [0.29, 0.717) is 0 Å². The van der Waals surface area contributed by atoms with E-state index < -0.39 is 0 Å². The summed E-state index contributed by atoms with van der Waals surface area (Å²) < 4.78 is 7.32. The van der Waals surface area contributed by atoms with E-state index in [0.717, 1.165) is 29.5 Å². The molecule has 0 spiro atoms. The largest absolute Gasteiger partial charge is 0.466 e. The first-order valence-corrected chi connectivity index (χ1v) is 21.4. The summed E-state index contributed by atoms with van der Waals surface area (Å²) in [4.78, 5) is 5.48. The molecule has 0 radical (unpaired) electrons. The minimum atomic E-state index is -0.0688. The Balaban J connectivity index is 1.29. The van der Waals surface area contributed by atoms with Crippen molar-refractivity contribution in [3.8, 4) is 33.4 Å². The third kappa shape index (κ3) is 4.73. The summed E-state index contributed by atoms with van der Waals surface area (Å²) in [6.07, 6.45) is 8.29. The van der Waals surface area contributed by atoms with Crippen molar-refractivity contribution in [2.24, 2.45) is 0 Å². The molecule has 3 aliphatic heterocycles. The molecular formula is C53H51BN2O. The molecule has 4 heteroatoms. The minimum Gasteiger partial charge on any atom is -0.466 e. The van der Waals surface area contributed by atoms with E-state index in [9.17, 15) is 0 Å². The normalized spacial score (nSPS) is 20.1. The molecule has 1 saturated carbocycles. The second-order valence-corrected chi connectivity index (χ2v) is 18.0. The fourth-order valence-corrected chi connectivity index (χ4v) is 11.9. The van der Waals surface area contributed by atoms with E-state index in [-0.39, 0.29) is 17.8 Å². The van der Waals surface area contributed by atoms with Crippen LogP contribution < -0.4 is 20.8 Å². The number of unbranched alkanes of at least 4 members (excludes halogenated alkanes) is 1. The topological polar surface area (TPSA) is 19.6 Å². The number of benzene rings is 6. The Labute approximate surface area is 338 Å². The van der Waals surface area contributed by atoms with Crippen molar-refractivity contribution in [2.45, 2.75) is 97.4 Å². The van der Waals surface area contributed by atoms with Gasteiger partial charge < -0.3 is 14.1 Å². The Morgan fingerprint density at radius 3 is 2.26 bits per heavy atom. The van der Waals surface area contributed by atoms with Crippen LogP contribution in [0.4, 0.5) is 22.7 Å². The monoisotopic (exact) mass is 742 g/mol. The zero-order chi connectivity index (χ0) is 38.8. The summed E-state index contributed by atoms with van der Waals surface area (Å²) in [6.45, 7) is 14.2. The van der Waals surface area contributed by atoms with E-state index >= 15 is 0 Å². The lowest BCUT2D eigenvalue weighted by Gasteiger charge is -2.54. The summed E-state index contributed by atoms with van der Waals surface area (Å²) in [5, 5.41) is 1.16. The van der Waals surface area contributed by atoms with E-state index in [1.54, 1.807) is 0 Å². The molecule has 1 aromatic heterocycles. The van der Waals surface area contributed by atoms with Crippen molar-refractivity contribution in [3.05, 3.63) is 143 Å². The second kappa shape index (κ2) is 12.5. The smallest absolute Gasteiger partial charge is 0.371 e. The van der Waals surface area contributed by atoms with Gasteiger partial charge in [0.2, 0.25) is 0 Å². The van der Waals surface area contributed by atoms with Gasteiger partial charge in [0.1, 0.15) is 11.2 Å². The van der Waals surface area contributed by atoms with Gasteiger partial charge in [0, 0.05) is 38.8 Å². The molecule has 0 bridgehead atoms. The summed E-state index contributed by atoms with van der Waals surface area (Å²) in [5.74, 6) is 0. The van der Waals surface area contributed by atoms with Crippen LogP contribution in [0.25, 0.3) is 44.3 Å². The molecule has 0 N–H and O–H groups in total. The molecule has 4 aliphatic rings. The Kier molecular flexibility index (Phi) is 7.63. The third-order valence-electron chi connectivity index (χ3n) is 14.6. The van der Waals surface area contributed by atoms with E-state index in [2.05, 4.69) is 167 Å². The van der Waals surface area contributed by atoms with Gasteiger partial charge in [0.25, 0.3) is 0 Å². The molecule has 1 aliphatic carbocycles. The lowest BCUT2D eigenvalue weighted by molar-refractivity contribution is 0.199. The zero-order valence-corrected chi connectivity index (χ0v) is 34.3. The molecule has 4 heterocycles. The highest BCUT2D eigenvalue weighted by molar-refractivity contribution is 6.92. The van der Waals surface area contributed by atoms with Crippen molar-refractivity contribution in [1.29, 1.82) is 0 Å². The predicted molar refractivity (Wildman–Crippen MR) is 242 cm³/mol. The zero-order valence-electron chi connectivity index (χ0n) is 34.3. The fourth-order valence-electron chi connectivity index (χ4n) is 11.9. The lowest BCUT2D eigenvalue weighted by atomic mass is 9.44. The van der Waals surface area contributed by atoms with Crippen LogP contribution in [0.5, 0.6) is 0 Å². The molecule has 6 aromatic carbocycles. The van der Waals surface area contributed by atoms with Crippen molar-refractivity contribution in [2.75, 3.05) is 9.71 Å². The molecule has 7 aromatic rings. The molecule has 2 atom stereocenters. The van der Waals surface area contributed by atoms with Crippen molar-refractivity contribution < 1.29 is 4.42 Å². The Morgan fingerprint density at radius 2 is 1.46 bits per heavy atom. The van der Waals surface area contributed by atoms with Gasteiger partial charge in [-0.15, -0.1) is 0 Å². The average Bonchev–Trinajstić information content (AvgIpc) is 3.70. The number of rotatable bonds is 6. The van der Waals surface area contributed by atoms with Crippen LogP contribution in [0.1, 0.15) is 87.1 Å². The Morgan fingerprint density at radius 1 is 0.684 bits per heavy atom.